The van der Waals surface area contributed by atoms with E-state index in [4.69, 9.17) is 0 Å². The molecule has 4 heteroatoms. The quantitative estimate of drug-likeness (QED) is 0.773. The molecule has 0 radical (unpaired) electrons. The zero-order valence-corrected chi connectivity index (χ0v) is 13.9. The molecule has 21 heavy (non-hydrogen) atoms. The van der Waals surface area contributed by atoms with E-state index in [2.05, 4.69) is 24.1 Å². The number of aliphatic carboxylic acids is 1. The summed E-state index contributed by atoms with van der Waals surface area (Å²) in [4.78, 5) is 14.0. The van der Waals surface area contributed by atoms with E-state index in [0.717, 1.165) is 30.8 Å². The maximum Gasteiger partial charge on any atom is 0.328 e. The SMILES string of the molecule is CCN(CC)CCNC(C)(C(=O)O)c1ccc(C)c(C)c1. The Kier molecular flexibility index (Phi) is 6.37. The van der Waals surface area contributed by atoms with Gasteiger partial charge in [0.2, 0.25) is 0 Å². The van der Waals surface area contributed by atoms with Gasteiger partial charge in [0.05, 0.1) is 0 Å². The summed E-state index contributed by atoms with van der Waals surface area (Å²) in [6.45, 7) is 13.5. The standard InChI is InChI=1S/C17H28N2O2/c1-6-19(7-2)11-10-18-17(5,16(20)21)15-9-8-13(3)14(4)12-15/h8-9,12,18H,6-7,10-11H2,1-5H3,(H,20,21). The highest BCUT2D eigenvalue weighted by Gasteiger charge is 2.34. The second-order valence-electron chi connectivity index (χ2n) is 5.68. The summed E-state index contributed by atoms with van der Waals surface area (Å²) < 4.78 is 0. The van der Waals surface area contributed by atoms with Gasteiger partial charge in [0.1, 0.15) is 5.54 Å². The van der Waals surface area contributed by atoms with Gasteiger partial charge < -0.3 is 10.0 Å². The predicted octanol–water partition coefficient (Wildman–Crippen LogP) is 2.53. The van der Waals surface area contributed by atoms with Gasteiger partial charge in [-0.05, 0) is 50.6 Å². The summed E-state index contributed by atoms with van der Waals surface area (Å²) in [5.41, 5.74) is 2.05. The number of aryl methyl sites for hydroxylation is 2. The van der Waals surface area contributed by atoms with Crippen LogP contribution in [0.1, 0.15) is 37.5 Å². The van der Waals surface area contributed by atoms with Crippen molar-refractivity contribution in [2.75, 3.05) is 26.2 Å². The van der Waals surface area contributed by atoms with Crippen molar-refractivity contribution < 1.29 is 9.90 Å². The average molecular weight is 292 g/mol. The van der Waals surface area contributed by atoms with Crippen LogP contribution in [0, 0.1) is 13.8 Å². The number of nitrogens with one attached hydrogen (secondary N) is 1. The Labute approximate surface area is 128 Å². The second kappa shape index (κ2) is 7.57. The van der Waals surface area contributed by atoms with E-state index in [1.165, 1.54) is 5.56 Å². The van der Waals surface area contributed by atoms with E-state index in [1.807, 2.05) is 32.0 Å². The monoisotopic (exact) mass is 292 g/mol. The van der Waals surface area contributed by atoms with Crippen molar-refractivity contribution in [3.05, 3.63) is 34.9 Å². The number of benzene rings is 1. The third-order valence-electron chi connectivity index (χ3n) is 4.31. The molecule has 118 valence electrons. The zero-order valence-electron chi connectivity index (χ0n) is 13.9. The molecule has 1 atom stereocenters. The van der Waals surface area contributed by atoms with E-state index in [-0.39, 0.29) is 0 Å². The van der Waals surface area contributed by atoms with Crippen molar-refractivity contribution in [2.24, 2.45) is 0 Å². The number of carboxylic acid groups (broad SMARTS) is 1. The normalized spacial score (nSPS) is 14.2. The summed E-state index contributed by atoms with van der Waals surface area (Å²) >= 11 is 0. The number of hydrogen-bond acceptors (Lipinski definition) is 3. The summed E-state index contributed by atoms with van der Waals surface area (Å²) in [5, 5.41) is 12.9. The Morgan fingerprint density at radius 3 is 2.33 bits per heavy atom. The molecule has 2 N–H and O–H groups in total. The lowest BCUT2D eigenvalue weighted by molar-refractivity contribution is -0.144. The lowest BCUT2D eigenvalue weighted by atomic mass is 9.89. The van der Waals surface area contributed by atoms with Crippen LogP contribution in [0.25, 0.3) is 0 Å². The van der Waals surface area contributed by atoms with E-state index in [1.54, 1.807) is 6.92 Å². The van der Waals surface area contributed by atoms with Crippen molar-refractivity contribution in [1.29, 1.82) is 0 Å². The number of likely N-dealkylation sites (N-methyl/N-ethyl adjacent to an activating group) is 1. The minimum absolute atomic E-state index is 0.650. The fourth-order valence-electron chi connectivity index (χ4n) is 2.36. The number of nitrogens with zero attached hydrogens (tertiary/aromatic N) is 1. The second-order valence-corrected chi connectivity index (χ2v) is 5.68. The first-order chi connectivity index (χ1) is 9.85. The lowest BCUT2D eigenvalue weighted by Gasteiger charge is -2.29. The molecule has 4 nitrogen and oxygen atoms in total. The van der Waals surface area contributed by atoms with Crippen molar-refractivity contribution in [1.82, 2.24) is 10.2 Å². The van der Waals surface area contributed by atoms with E-state index < -0.39 is 11.5 Å². The van der Waals surface area contributed by atoms with Crippen molar-refractivity contribution in [3.63, 3.8) is 0 Å². The molecule has 1 aromatic rings. The molecule has 0 amide bonds. The molecule has 0 aromatic heterocycles. The molecule has 0 bridgehead atoms. The fraction of sp³-hybridized carbons (Fsp3) is 0.588. The smallest absolute Gasteiger partial charge is 0.328 e. The number of carbonyl (C=O) groups is 1. The van der Waals surface area contributed by atoms with Crippen LogP contribution in [0.4, 0.5) is 0 Å². The van der Waals surface area contributed by atoms with Gasteiger partial charge in [0.15, 0.2) is 0 Å². The van der Waals surface area contributed by atoms with Gasteiger partial charge in [0.25, 0.3) is 0 Å². The van der Waals surface area contributed by atoms with Gasteiger partial charge in [-0.15, -0.1) is 0 Å². The minimum atomic E-state index is -1.05. The van der Waals surface area contributed by atoms with Crippen molar-refractivity contribution in [3.8, 4) is 0 Å². The molecule has 0 saturated heterocycles. The summed E-state index contributed by atoms with van der Waals surface area (Å²) in [6.07, 6.45) is 0. The molecule has 0 spiro atoms. The molecular formula is C17H28N2O2. The predicted molar refractivity (Wildman–Crippen MR) is 86.7 cm³/mol. The number of carboxylic acids is 1. The molecule has 0 aliphatic rings. The Bertz CT molecular complexity index is 484. The average Bonchev–Trinajstić information content (AvgIpc) is 2.46. The molecular weight excluding hydrogens is 264 g/mol. The lowest BCUT2D eigenvalue weighted by Crippen LogP contribution is -2.49. The van der Waals surface area contributed by atoms with Crippen LogP contribution in [0.3, 0.4) is 0 Å². The summed E-state index contributed by atoms with van der Waals surface area (Å²) in [7, 11) is 0. The Hall–Kier alpha value is -1.39. The third-order valence-corrected chi connectivity index (χ3v) is 4.31. The Morgan fingerprint density at radius 2 is 1.86 bits per heavy atom. The molecule has 0 aliphatic heterocycles. The summed E-state index contributed by atoms with van der Waals surface area (Å²) in [6, 6.07) is 5.85. The van der Waals surface area contributed by atoms with Crippen LogP contribution in [-0.4, -0.2) is 42.2 Å². The number of rotatable bonds is 8. The molecule has 0 fully saturated rings. The van der Waals surface area contributed by atoms with Gasteiger partial charge in [-0.3, -0.25) is 5.32 Å². The van der Waals surface area contributed by atoms with E-state index >= 15 is 0 Å². The van der Waals surface area contributed by atoms with Crippen LogP contribution < -0.4 is 5.32 Å². The van der Waals surface area contributed by atoms with Crippen LogP contribution >= 0.6 is 0 Å². The molecule has 1 rings (SSSR count). The molecule has 0 saturated carbocycles. The highest BCUT2D eigenvalue weighted by Crippen LogP contribution is 2.23. The maximum atomic E-state index is 11.8. The van der Waals surface area contributed by atoms with Gasteiger partial charge in [-0.25, -0.2) is 4.79 Å². The maximum absolute atomic E-state index is 11.8. The highest BCUT2D eigenvalue weighted by atomic mass is 16.4. The molecule has 1 unspecified atom stereocenters. The van der Waals surface area contributed by atoms with Gasteiger partial charge in [0, 0.05) is 13.1 Å². The Balaban J connectivity index is 2.87. The number of hydrogen-bond donors (Lipinski definition) is 2. The Morgan fingerprint density at radius 1 is 1.24 bits per heavy atom. The van der Waals surface area contributed by atoms with Gasteiger partial charge in [-0.1, -0.05) is 32.0 Å². The van der Waals surface area contributed by atoms with E-state index in [9.17, 15) is 9.90 Å². The fourth-order valence-corrected chi connectivity index (χ4v) is 2.36. The third kappa shape index (κ3) is 4.29. The largest absolute Gasteiger partial charge is 0.480 e. The van der Waals surface area contributed by atoms with Crippen LogP contribution in [0.5, 0.6) is 0 Å². The summed E-state index contributed by atoms with van der Waals surface area (Å²) in [5.74, 6) is -0.842. The van der Waals surface area contributed by atoms with Gasteiger partial charge >= 0.3 is 5.97 Å². The molecule has 1 aromatic carbocycles. The van der Waals surface area contributed by atoms with Crippen LogP contribution in [0.2, 0.25) is 0 Å². The highest BCUT2D eigenvalue weighted by molar-refractivity contribution is 5.80. The first-order valence-corrected chi connectivity index (χ1v) is 7.63. The first-order valence-electron chi connectivity index (χ1n) is 7.63. The van der Waals surface area contributed by atoms with E-state index in [0.29, 0.717) is 6.54 Å². The van der Waals surface area contributed by atoms with Crippen LogP contribution in [0.15, 0.2) is 18.2 Å². The zero-order chi connectivity index (χ0) is 16.0. The topological polar surface area (TPSA) is 52.6 Å². The molecule has 0 heterocycles. The van der Waals surface area contributed by atoms with Crippen molar-refractivity contribution >= 4 is 5.97 Å². The minimum Gasteiger partial charge on any atom is -0.480 e. The first kappa shape index (κ1) is 17.7. The van der Waals surface area contributed by atoms with Gasteiger partial charge in [-0.2, -0.15) is 0 Å². The van der Waals surface area contributed by atoms with Crippen LogP contribution in [-0.2, 0) is 10.3 Å². The van der Waals surface area contributed by atoms with Crippen molar-refractivity contribution in [2.45, 2.75) is 40.2 Å². The molecule has 0 aliphatic carbocycles.